The Kier molecular flexibility index (Phi) is 5.68. The predicted octanol–water partition coefficient (Wildman–Crippen LogP) is 1.66. The Morgan fingerprint density at radius 3 is 2.32 bits per heavy atom. The summed E-state index contributed by atoms with van der Waals surface area (Å²) in [6, 6.07) is 6.14. The summed E-state index contributed by atoms with van der Waals surface area (Å²) in [6.45, 7) is 5.47. The molecule has 0 saturated carbocycles. The largest absolute Gasteiger partial charge is 0.341 e. The molecular weight excluding hydrogens is 362 g/mol. The van der Waals surface area contributed by atoms with Gasteiger partial charge < -0.3 is 4.90 Å². The van der Waals surface area contributed by atoms with Crippen molar-refractivity contribution < 1.29 is 13.2 Å². The van der Waals surface area contributed by atoms with Gasteiger partial charge in [-0.25, -0.2) is 8.42 Å². The Balaban J connectivity index is 1.62. The first-order valence-electron chi connectivity index (χ1n) is 8.68. The number of rotatable bonds is 4. The van der Waals surface area contributed by atoms with E-state index in [1.165, 1.54) is 10.4 Å². The molecule has 0 unspecified atom stereocenters. The van der Waals surface area contributed by atoms with E-state index in [0.29, 0.717) is 31.2 Å². The van der Waals surface area contributed by atoms with Crippen LogP contribution in [0.5, 0.6) is 0 Å². The summed E-state index contributed by atoms with van der Waals surface area (Å²) < 4.78 is 26.9. The SMILES string of the molecule is C[C@H](C(=O)N1CCCC1)N1CCN(S(=O)(=O)c2cccc(Cl)c2)CC1. The van der Waals surface area contributed by atoms with Crippen LogP contribution in [0.15, 0.2) is 29.2 Å². The summed E-state index contributed by atoms with van der Waals surface area (Å²) in [5.41, 5.74) is 0. The van der Waals surface area contributed by atoms with Crippen LogP contribution in [-0.2, 0) is 14.8 Å². The third-order valence-corrected chi connectivity index (χ3v) is 7.16. The molecule has 0 bridgehead atoms. The molecule has 1 aromatic carbocycles. The number of hydrogen-bond donors (Lipinski definition) is 0. The molecule has 1 aromatic rings. The second kappa shape index (κ2) is 7.61. The lowest BCUT2D eigenvalue weighted by atomic mass is 10.2. The zero-order chi connectivity index (χ0) is 18.0. The number of carbonyl (C=O) groups excluding carboxylic acids is 1. The van der Waals surface area contributed by atoms with Gasteiger partial charge in [-0.3, -0.25) is 9.69 Å². The first-order chi connectivity index (χ1) is 11.9. The third kappa shape index (κ3) is 4.00. The smallest absolute Gasteiger partial charge is 0.243 e. The molecule has 25 heavy (non-hydrogen) atoms. The number of piperazine rings is 1. The van der Waals surface area contributed by atoms with Gasteiger partial charge in [-0.05, 0) is 38.0 Å². The van der Waals surface area contributed by atoms with E-state index in [-0.39, 0.29) is 16.8 Å². The Morgan fingerprint density at radius 1 is 1.08 bits per heavy atom. The minimum atomic E-state index is -3.54. The van der Waals surface area contributed by atoms with Crippen molar-refractivity contribution in [2.24, 2.45) is 0 Å². The van der Waals surface area contributed by atoms with E-state index in [1.807, 2.05) is 11.8 Å². The molecule has 8 heteroatoms. The zero-order valence-corrected chi connectivity index (χ0v) is 16.0. The fraction of sp³-hybridized carbons (Fsp3) is 0.588. The topological polar surface area (TPSA) is 60.9 Å². The Bertz CT molecular complexity index is 726. The van der Waals surface area contributed by atoms with Crippen LogP contribution in [0, 0.1) is 0 Å². The van der Waals surface area contributed by atoms with Gasteiger partial charge in [0.05, 0.1) is 10.9 Å². The maximum Gasteiger partial charge on any atom is 0.243 e. The van der Waals surface area contributed by atoms with Gasteiger partial charge in [-0.2, -0.15) is 4.31 Å². The monoisotopic (exact) mass is 385 g/mol. The first kappa shape index (κ1) is 18.6. The van der Waals surface area contributed by atoms with Crippen molar-refractivity contribution in [2.75, 3.05) is 39.3 Å². The molecule has 0 aromatic heterocycles. The van der Waals surface area contributed by atoms with E-state index in [1.54, 1.807) is 18.2 Å². The fourth-order valence-electron chi connectivity index (χ4n) is 3.47. The van der Waals surface area contributed by atoms with Crippen LogP contribution in [0.25, 0.3) is 0 Å². The van der Waals surface area contributed by atoms with Gasteiger partial charge >= 0.3 is 0 Å². The fourth-order valence-corrected chi connectivity index (χ4v) is 5.19. The van der Waals surface area contributed by atoms with E-state index < -0.39 is 10.0 Å². The van der Waals surface area contributed by atoms with E-state index >= 15 is 0 Å². The number of sulfonamides is 1. The van der Waals surface area contributed by atoms with Crippen molar-refractivity contribution in [3.05, 3.63) is 29.3 Å². The minimum absolute atomic E-state index is 0.156. The molecule has 3 rings (SSSR count). The minimum Gasteiger partial charge on any atom is -0.341 e. The summed E-state index contributed by atoms with van der Waals surface area (Å²) >= 11 is 5.92. The van der Waals surface area contributed by atoms with Crippen LogP contribution >= 0.6 is 11.6 Å². The van der Waals surface area contributed by atoms with Crippen molar-refractivity contribution in [2.45, 2.75) is 30.7 Å². The molecule has 138 valence electrons. The molecule has 2 aliphatic heterocycles. The highest BCUT2D eigenvalue weighted by molar-refractivity contribution is 7.89. The molecule has 0 N–H and O–H groups in total. The lowest BCUT2D eigenvalue weighted by Gasteiger charge is -2.37. The molecule has 6 nitrogen and oxygen atoms in total. The summed E-state index contributed by atoms with van der Waals surface area (Å²) in [5.74, 6) is 0.156. The number of halogens is 1. The molecule has 2 fully saturated rings. The average Bonchev–Trinajstić information content (AvgIpc) is 3.15. The summed E-state index contributed by atoms with van der Waals surface area (Å²) in [6.07, 6.45) is 2.15. The van der Waals surface area contributed by atoms with Crippen molar-refractivity contribution in [1.82, 2.24) is 14.1 Å². The quantitative estimate of drug-likeness (QED) is 0.790. The maximum absolute atomic E-state index is 12.7. The lowest BCUT2D eigenvalue weighted by Crippen LogP contribution is -2.55. The molecule has 0 spiro atoms. The summed E-state index contributed by atoms with van der Waals surface area (Å²) in [5, 5.41) is 0.407. The summed E-state index contributed by atoms with van der Waals surface area (Å²) in [7, 11) is -3.54. The molecule has 1 atom stereocenters. The Morgan fingerprint density at radius 2 is 1.72 bits per heavy atom. The van der Waals surface area contributed by atoms with Crippen LogP contribution in [0.3, 0.4) is 0 Å². The van der Waals surface area contributed by atoms with Crippen LogP contribution in [-0.4, -0.2) is 73.7 Å². The van der Waals surface area contributed by atoms with Crippen LogP contribution in [0.4, 0.5) is 0 Å². The highest BCUT2D eigenvalue weighted by Crippen LogP contribution is 2.22. The molecular formula is C17H24ClN3O3S. The van der Waals surface area contributed by atoms with Crippen molar-refractivity contribution in [3.63, 3.8) is 0 Å². The summed E-state index contributed by atoms with van der Waals surface area (Å²) in [4.78, 5) is 16.7. The molecule has 2 heterocycles. The average molecular weight is 386 g/mol. The number of carbonyl (C=O) groups is 1. The second-order valence-electron chi connectivity index (χ2n) is 6.61. The van der Waals surface area contributed by atoms with Crippen LogP contribution in [0.2, 0.25) is 5.02 Å². The maximum atomic E-state index is 12.7. The molecule has 1 amide bonds. The van der Waals surface area contributed by atoms with Gasteiger partial charge in [0, 0.05) is 44.3 Å². The van der Waals surface area contributed by atoms with Gasteiger partial charge in [0.15, 0.2) is 0 Å². The Hall–Kier alpha value is -1.15. The van der Waals surface area contributed by atoms with Gasteiger partial charge in [-0.15, -0.1) is 0 Å². The number of likely N-dealkylation sites (tertiary alicyclic amines) is 1. The number of amides is 1. The normalized spacial score (nSPS) is 21.4. The van der Waals surface area contributed by atoms with E-state index in [9.17, 15) is 13.2 Å². The van der Waals surface area contributed by atoms with Crippen LogP contribution < -0.4 is 0 Å². The van der Waals surface area contributed by atoms with Crippen molar-refractivity contribution >= 4 is 27.5 Å². The molecule has 2 aliphatic rings. The number of hydrogen-bond acceptors (Lipinski definition) is 4. The van der Waals surface area contributed by atoms with Crippen molar-refractivity contribution in [3.8, 4) is 0 Å². The molecule has 2 saturated heterocycles. The lowest BCUT2D eigenvalue weighted by molar-refractivity contribution is -0.135. The second-order valence-corrected chi connectivity index (χ2v) is 8.98. The van der Waals surface area contributed by atoms with Gasteiger partial charge in [-0.1, -0.05) is 17.7 Å². The van der Waals surface area contributed by atoms with E-state index in [0.717, 1.165) is 25.9 Å². The van der Waals surface area contributed by atoms with Gasteiger partial charge in [0.2, 0.25) is 15.9 Å². The van der Waals surface area contributed by atoms with Gasteiger partial charge in [0.1, 0.15) is 0 Å². The Labute approximate surface area is 154 Å². The highest BCUT2D eigenvalue weighted by atomic mass is 35.5. The molecule has 0 aliphatic carbocycles. The third-order valence-electron chi connectivity index (χ3n) is 5.03. The highest BCUT2D eigenvalue weighted by Gasteiger charge is 2.33. The zero-order valence-electron chi connectivity index (χ0n) is 14.4. The molecule has 0 radical (unpaired) electrons. The standard InChI is InChI=1S/C17H24ClN3O3S/c1-14(17(22)20-7-2-3-8-20)19-9-11-21(12-10-19)25(23,24)16-6-4-5-15(18)13-16/h4-6,13-14H,2-3,7-12H2,1H3/t14-/m1/s1. The number of nitrogens with zero attached hydrogens (tertiary/aromatic N) is 3. The van der Waals surface area contributed by atoms with E-state index in [2.05, 4.69) is 4.90 Å². The first-order valence-corrected chi connectivity index (χ1v) is 10.5. The van der Waals surface area contributed by atoms with Gasteiger partial charge in [0.25, 0.3) is 0 Å². The predicted molar refractivity (Wildman–Crippen MR) is 97.1 cm³/mol. The van der Waals surface area contributed by atoms with Crippen LogP contribution in [0.1, 0.15) is 19.8 Å². The van der Waals surface area contributed by atoms with Crippen molar-refractivity contribution in [1.29, 1.82) is 0 Å². The number of benzene rings is 1. The van der Waals surface area contributed by atoms with E-state index in [4.69, 9.17) is 11.6 Å².